The first-order valence-corrected chi connectivity index (χ1v) is 12.7. The van der Waals surface area contributed by atoms with Crippen molar-refractivity contribution in [3.63, 3.8) is 0 Å². The van der Waals surface area contributed by atoms with E-state index in [1.807, 2.05) is 11.0 Å². The van der Waals surface area contributed by atoms with Crippen LogP contribution in [0.2, 0.25) is 5.28 Å². The smallest absolute Gasteiger partial charge is 0.373 e. The van der Waals surface area contributed by atoms with Gasteiger partial charge in [0.25, 0.3) is 0 Å². The van der Waals surface area contributed by atoms with Gasteiger partial charge in [-0.25, -0.2) is 9.78 Å². The standard InChI is InChI=1S/C25H26ClN5O7.CO2/c1-2-25(36)17(12-37-16(23(34)35)10-14-6-4-3-5-7-14)38-22(19(25)33)31-13-27-18-20(28-24(26)29-21(18)31)30-9-8-15(32)11-30;2-1-3/h1,3-7,13,15-17,19,22,32-33,36H,8-12H2,(H,34,35);/t15-,16?,17+,19-,22+,25+;/m0./s1. The Kier molecular flexibility index (Phi) is 9.31. The van der Waals surface area contributed by atoms with Crippen molar-refractivity contribution in [1.29, 1.82) is 0 Å². The van der Waals surface area contributed by atoms with E-state index >= 15 is 0 Å². The van der Waals surface area contributed by atoms with E-state index in [1.54, 1.807) is 24.3 Å². The number of aliphatic hydroxyl groups is 3. The molecule has 0 radical (unpaired) electrons. The van der Waals surface area contributed by atoms with E-state index in [0.717, 1.165) is 5.56 Å². The summed E-state index contributed by atoms with van der Waals surface area (Å²) in [6, 6.07) is 8.94. The number of terminal acetylenes is 1. The molecule has 2 aromatic heterocycles. The maximum absolute atomic E-state index is 11.8. The Hall–Kier alpha value is -3.93. The molecule has 0 spiro atoms. The van der Waals surface area contributed by atoms with Gasteiger partial charge in [-0.2, -0.15) is 19.6 Å². The number of hydrogen-bond acceptors (Lipinski definition) is 12. The number of anilines is 1. The molecule has 0 bridgehead atoms. The van der Waals surface area contributed by atoms with Gasteiger partial charge in [0.05, 0.1) is 19.0 Å². The fraction of sp³-hybridized carbons (Fsp3) is 0.423. The molecule has 0 aliphatic carbocycles. The maximum Gasteiger partial charge on any atom is 0.373 e. The van der Waals surface area contributed by atoms with Crippen LogP contribution >= 0.6 is 11.6 Å². The van der Waals surface area contributed by atoms with Gasteiger partial charge in [-0.15, -0.1) is 6.42 Å². The predicted octanol–water partition coefficient (Wildman–Crippen LogP) is -0.198. The number of benzene rings is 1. The average Bonchev–Trinajstić information content (AvgIpc) is 3.64. The zero-order chi connectivity index (χ0) is 29.7. The van der Waals surface area contributed by atoms with Crippen LogP contribution in [0.3, 0.4) is 0 Å². The molecule has 0 amide bonds. The van der Waals surface area contributed by atoms with Crippen LogP contribution < -0.4 is 4.90 Å². The van der Waals surface area contributed by atoms with E-state index in [-0.39, 0.29) is 23.5 Å². The number of imidazole rings is 1. The summed E-state index contributed by atoms with van der Waals surface area (Å²) in [5.74, 6) is 1.40. The molecule has 2 fully saturated rings. The first-order chi connectivity index (χ1) is 19.6. The average molecular weight is 588 g/mol. The van der Waals surface area contributed by atoms with Crippen molar-refractivity contribution in [3.8, 4) is 12.3 Å². The quantitative estimate of drug-likeness (QED) is 0.200. The van der Waals surface area contributed by atoms with E-state index in [9.17, 15) is 25.2 Å². The third kappa shape index (κ3) is 6.22. The highest BCUT2D eigenvalue weighted by Crippen LogP contribution is 2.39. The largest absolute Gasteiger partial charge is 0.479 e. The molecule has 5 rings (SSSR count). The van der Waals surface area contributed by atoms with Crippen LogP contribution in [0.5, 0.6) is 0 Å². The molecule has 15 heteroatoms. The number of β-amino-alcohol motifs (C(OH)–C–C–N with tert-alkyl or cyclic N) is 1. The number of fused-ring (bicyclic) bond motifs is 1. The lowest BCUT2D eigenvalue weighted by Crippen LogP contribution is -2.48. The number of hydrogen-bond donors (Lipinski definition) is 4. The molecule has 14 nitrogen and oxygen atoms in total. The number of rotatable bonds is 8. The van der Waals surface area contributed by atoms with Crippen LogP contribution in [-0.4, -0.2) is 102 Å². The van der Waals surface area contributed by atoms with Crippen molar-refractivity contribution in [2.45, 2.75) is 49.1 Å². The van der Waals surface area contributed by atoms with Gasteiger partial charge in [0.15, 0.2) is 34.9 Å². The minimum atomic E-state index is -2.20. The van der Waals surface area contributed by atoms with E-state index in [4.69, 9.17) is 37.1 Å². The minimum absolute atomic E-state index is 0.0823. The lowest BCUT2D eigenvalue weighted by atomic mass is 9.93. The van der Waals surface area contributed by atoms with Crippen molar-refractivity contribution in [2.24, 2.45) is 0 Å². The first-order valence-electron chi connectivity index (χ1n) is 12.4. The van der Waals surface area contributed by atoms with E-state index in [0.29, 0.717) is 30.8 Å². The van der Waals surface area contributed by atoms with E-state index in [1.165, 1.54) is 10.9 Å². The van der Waals surface area contributed by atoms with Crippen LogP contribution in [0, 0.1) is 12.3 Å². The Labute approximate surface area is 238 Å². The number of carboxylic acid groups (broad SMARTS) is 1. The van der Waals surface area contributed by atoms with E-state index < -0.39 is 48.8 Å². The molecule has 2 saturated heterocycles. The summed E-state index contributed by atoms with van der Waals surface area (Å²) in [5, 5.41) is 41.7. The monoisotopic (exact) mass is 587 g/mol. The van der Waals surface area contributed by atoms with Crippen LogP contribution in [0.15, 0.2) is 36.7 Å². The van der Waals surface area contributed by atoms with E-state index in [2.05, 4.69) is 20.9 Å². The summed E-state index contributed by atoms with van der Waals surface area (Å²) in [6.07, 6.45) is 1.95. The zero-order valence-corrected chi connectivity index (χ0v) is 22.2. The van der Waals surface area contributed by atoms with Gasteiger partial charge in [-0.05, 0) is 23.6 Å². The van der Waals surface area contributed by atoms with Gasteiger partial charge in [0, 0.05) is 19.5 Å². The number of halogens is 1. The Morgan fingerprint density at radius 2 is 1.98 bits per heavy atom. The molecule has 1 aromatic carbocycles. The number of carbonyl (C=O) groups is 1. The SMILES string of the molecule is C#C[C@@]1(O)[C@@H](COC(Cc2ccccc2)C(=O)O)O[C@@H](n2cnc3c(N4CC[C@H](O)C4)nc(Cl)nc32)[C@@H]1O.O=C=O. The van der Waals surface area contributed by atoms with Crippen molar-refractivity contribution in [3.05, 3.63) is 47.5 Å². The molecule has 1 unspecified atom stereocenters. The number of ether oxygens (including phenoxy) is 2. The third-order valence-electron chi connectivity index (χ3n) is 6.85. The van der Waals surface area contributed by atoms with Crippen LogP contribution in [0.1, 0.15) is 18.2 Å². The highest BCUT2D eigenvalue weighted by molar-refractivity contribution is 6.28. The summed E-state index contributed by atoms with van der Waals surface area (Å²) in [7, 11) is 0. The topological polar surface area (TPSA) is 197 Å². The lowest BCUT2D eigenvalue weighted by molar-refractivity contribution is -0.191. The molecule has 6 atom stereocenters. The van der Waals surface area contributed by atoms with Gasteiger partial charge < -0.3 is 34.8 Å². The highest BCUT2D eigenvalue weighted by atomic mass is 35.5. The van der Waals surface area contributed by atoms with Crippen molar-refractivity contribution in [2.75, 3.05) is 24.6 Å². The molecular weight excluding hydrogens is 562 g/mol. The van der Waals surface area contributed by atoms with Crippen molar-refractivity contribution >= 4 is 40.7 Å². The van der Waals surface area contributed by atoms with Crippen LogP contribution in [0.25, 0.3) is 11.2 Å². The van der Waals surface area contributed by atoms with Crippen LogP contribution in [0.4, 0.5) is 5.82 Å². The molecule has 2 aliphatic heterocycles. The molecule has 3 aromatic rings. The number of nitrogens with zero attached hydrogens (tertiary/aromatic N) is 5. The second kappa shape index (κ2) is 12.7. The number of aliphatic hydroxyl groups excluding tert-OH is 2. The molecule has 4 heterocycles. The fourth-order valence-electron chi connectivity index (χ4n) is 4.78. The second-order valence-corrected chi connectivity index (χ2v) is 9.73. The Morgan fingerprint density at radius 3 is 2.59 bits per heavy atom. The summed E-state index contributed by atoms with van der Waals surface area (Å²) < 4.78 is 12.9. The van der Waals surface area contributed by atoms with Gasteiger partial charge in [0.2, 0.25) is 5.28 Å². The highest BCUT2D eigenvalue weighted by Gasteiger charge is 2.56. The number of carboxylic acids is 1. The van der Waals surface area contributed by atoms with Crippen LogP contribution in [-0.2, 0) is 30.3 Å². The summed E-state index contributed by atoms with van der Waals surface area (Å²) in [5.41, 5.74) is -0.869. The fourth-order valence-corrected chi connectivity index (χ4v) is 4.94. The first kappa shape index (κ1) is 30.0. The molecule has 0 saturated carbocycles. The Morgan fingerprint density at radius 1 is 1.27 bits per heavy atom. The zero-order valence-electron chi connectivity index (χ0n) is 21.4. The molecule has 2 aliphatic rings. The summed E-state index contributed by atoms with van der Waals surface area (Å²) >= 11 is 6.19. The Bertz CT molecular complexity index is 1460. The van der Waals surface area contributed by atoms with Crippen molar-refractivity contribution in [1.82, 2.24) is 19.5 Å². The normalized spacial score (nSPS) is 26.2. The molecule has 4 N–H and O–H groups in total. The predicted molar refractivity (Wildman–Crippen MR) is 139 cm³/mol. The second-order valence-electron chi connectivity index (χ2n) is 9.39. The molecular formula is C26H26ClN5O9. The number of aromatic nitrogens is 4. The maximum atomic E-state index is 11.8. The number of carbonyl (C=O) groups excluding carboxylic acids is 2. The minimum Gasteiger partial charge on any atom is -0.479 e. The Balaban J connectivity index is 0.00000124. The van der Waals surface area contributed by atoms with Crippen molar-refractivity contribution < 1.29 is 44.3 Å². The van der Waals surface area contributed by atoms with Gasteiger partial charge in [0.1, 0.15) is 12.2 Å². The van der Waals surface area contributed by atoms with Gasteiger partial charge in [-0.1, -0.05) is 36.3 Å². The summed E-state index contributed by atoms with van der Waals surface area (Å²) in [6.45, 7) is 0.488. The third-order valence-corrected chi connectivity index (χ3v) is 7.02. The molecule has 216 valence electrons. The number of aliphatic carboxylic acids is 1. The van der Waals surface area contributed by atoms with Gasteiger partial charge in [-0.3, -0.25) is 4.57 Å². The van der Waals surface area contributed by atoms with Gasteiger partial charge >= 0.3 is 12.1 Å². The lowest BCUT2D eigenvalue weighted by Gasteiger charge is -2.26. The summed E-state index contributed by atoms with van der Waals surface area (Å²) in [4.78, 5) is 42.8. The molecule has 41 heavy (non-hydrogen) atoms.